The number of thiazole rings is 1. The van der Waals surface area contributed by atoms with E-state index in [-0.39, 0.29) is 22.0 Å². The van der Waals surface area contributed by atoms with E-state index in [9.17, 15) is 14.7 Å². The average Bonchev–Trinajstić information content (AvgIpc) is 3.45. The number of amides is 1. The average molecular weight is 532 g/mol. The molecule has 4 aromatic rings. The fraction of sp³-hybridized carbons (Fsp3) is 0.125. The number of nitrogens with zero attached hydrogens (tertiary/aromatic N) is 3. The van der Waals surface area contributed by atoms with Crippen LogP contribution in [0.4, 0.5) is 10.8 Å². The summed E-state index contributed by atoms with van der Waals surface area (Å²) in [4.78, 5) is 35.2. The number of rotatable bonds is 7. The van der Waals surface area contributed by atoms with E-state index in [2.05, 4.69) is 4.98 Å². The van der Waals surface area contributed by atoms with Crippen LogP contribution in [0.15, 0.2) is 60.8 Å². The Morgan fingerprint density at radius 1 is 1.03 bits per heavy atom. The van der Waals surface area contributed by atoms with Crippen LogP contribution in [-0.4, -0.2) is 36.1 Å². The number of carboxylic acid groups (broad SMARTS) is 1. The molecule has 0 aliphatic heterocycles. The number of halogens is 2. The predicted octanol–water partition coefficient (Wildman–Crippen LogP) is 6.79. The number of carbonyl (C=O) groups is 2. The van der Waals surface area contributed by atoms with Crippen molar-refractivity contribution in [3.05, 3.63) is 86.2 Å². The summed E-state index contributed by atoms with van der Waals surface area (Å²) in [6, 6.07) is 15.8. The highest BCUT2D eigenvalue weighted by molar-refractivity contribution is 7.18. The van der Waals surface area contributed by atoms with Gasteiger partial charge in [0.25, 0.3) is 5.91 Å². The SMILES string of the molecule is CN(C)c1ncc(CN(C(=O)c2ccc(Cl)cc2Cl)c2cc(-c3ccccc3)sc2C(=O)O)s1. The van der Waals surface area contributed by atoms with Crippen molar-refractivity contribution < 1.29 is 14.7 Å². The van der Waals surface area contributed by atoms with Crippen molar-refractivity contribution in [1.82, 2.24) is 4.98 Å². The Morgan fingerprint density at radius 2 is 1.76 bits per heavy atom. The third kappa shape index (κ3) is 5.10. The van der Waals surface area contributed by atoms with Crippen LogP contribution < -0.4 is 9.80 Å². The van der Waals surface area contributed by atoms with Gasteiger partial charge in [-0.25, -0.2) is 9.78 Å². The second-order valence-corrected chi connectivity index (χ2v) is 10.5. The molecule has 34 heavy (non-hydrogen) atoms. The third-order valence-electron chi connectivity index (χ3n) is 4.90. The van der Waals surface area contributed by atoms with Gasteiger partial charge < -0.3 is 14.9 Å². The van der Waals surface area contributed by atoms with Gasteiger partial charge in [0, 0.05) is 35.1 Å². The highest BCUT2D eigenvalue weighted by atomic mass is 35.5. The largest absolute Gasteiger partial charge is 0.477 e. The molecular weight excluding hydrogens is 513 g/mol. The highest BCUT2D eigenvalue weighted by Gasteiger charge is 2.28. The van der Waals surface area contributed by atoms with Gasteiger partial charge in [0.05, 0.1) is 22.8 Å². The molecule has 4 rings (SSSR count). The lowest BCUT2D eigenvalue weighted by atomic mass is 10.1. The minimum absolute atomic E-state index is 0.0645. The van der Waals surface area contributed by atoms with Crippen LogP contribution in [0.5, 0.6) is 0 Å². The van der Waals surface area contributed by atoms with Crippen molar-refractivity contribution in [2.75, 3.05) is 23.9 Å². The molecular formula is C24H19Cl2N3O3S2. The standard InChI is InChI=1S/C24H19Cl2N3O3S2/c1-28(2)24-27-12-16(33-24)13-29(22(30)17-9-8-15(25)10-18(17)26)19-11-20(34-21(19)23(31)32)14-6-4-3-5-7-14/h3-12H,13H2,1-2H3,(H,31,32). The van der Waals surface area contributed by atoms with Crippen LogP contribution >= 0.6 is 45.9 Å². The van der Waals surface area contributed by atoms with Crippen molar-refractivity contribution in [2.24, 2.45) is 0 Å². The first-order chi connectivity index (χ1) is 16.2. The maximum atomic E-state index is 13.7. The van der Waals surface area contributed by atoms with Gasteiger partial charge in [-0.15, -0.1) is 22.7 Å². The normalized spacial score (nSPS) is 10.8. The molecule has 0 aliphatic rings. The van der Waals surface area contributed by atoms with Crippen molar-refractivity contribution in [2.45, 2.75) is 6.54 Å². The van der Waals surface area contributed by atoms with Gasteiger partial charge in [0.2, 0.25) is 0 Å². The van der Waals surface area contributed by atoms with Gasteiger partial charge in [-0.1, -0.05) is 53.5 Å². The molecule has 2 aromatic carbocycles. The Labute approximate surface area is 214 Å². The minimum atomic E-state index is -1.11. The third-order valence-corrected chi connectivity index (χ3v) is 7.76. The first kappa shape index (κ1) is 24.2. The van der Waals surface area contributed by atoms with Gasteiger partial charge in [0.1, 0.15) is 4.88 Å². The Hall–Kier alpha value is -2.91. The van der Waals surface area contributed by atoms with E-state index in [1.807, 2.05) is 49.3 Å². The Bertz CT molecular complexity index is 1350. The summed E-state index contributed by atoms with van der Waals surface area (Å²) in [5, 5.41) is 11.3. The van der Waals surface area contributed by atoms with E-state index in [1.54, 1.807) is 24.4 Å². The van der Waals surface area contributed by atoms with E-state index in [0.29, 0.717) is 10.7 Å². The molecule has 2 aromatic heterocycles. The summed E-state index contributed by atoms with van der Waals surface area (Å²) < 4.78 is 0. The predicted molar refractivity (Wildman–Crippen MR) is 140 cm³/mol. The molecule has 1 N–H and O–H groups in total. The lowest BCUT2D eigenvalue weighted by Crippen LogP contribution is -2.31. The van der Waals surface area contributed by atoms with Crippen molar-refractivity contribution in [3.63, 3.8) is 0 Å². The molecule has 0 fully saturated rings. The fourth-order valence-electron chi connectivity index (χ4n) is 3.29. The van der Waals surface area contributed by atoms with Gasteiger partial charge >= 0.3 is 5.97 Å². The number of aromatic carboxylic acids is 1. The summed E-state index contributed by atoms with van der Waals surface area (Å²) >= 11 is 14.9. The zero-order valence-corrected chi connectivity index (χ0v) is 21.3. The quantitative estimate of drug-likeness (QED) is 0.284. The molecule has 0 saturated heterocycles. The lowest BCUT2D eigenvalue weighted by Gasteiger charge is -2.22. The number of carboxylic acids is 1. The molecule has 0 saturated carbocycles. The van der Waals surface area contributed by atoms with E-state index < -0.39 is 11.9 Å². The van der Waals surface area contributed by atoms with Crippen LogP contribution in [0.3, 0.4) is 0 Å². The van der Waals surface area contributed by atoms with E-state index in [4.69, 9.17) is 23.2 Å². The Morgan fingerprint density at radius 3 is 2.38 bits per heavy atom. The summed E-state index contributed by atoms with van der Waals surface area (Å²) in [5.41, 5.74) is 1.39. The number of aromatic nitrogens is 1. The van der Waals surface area contributed by atoms with Crippen molar-refractivity contribution in [1.29, 1.82) is 0 Å². The lowest BCUT2D eigenvalue weighted by molar-refractivity contribution is 0.0703. The number of thiophene rings is 1. The number of anilines is 2. The summed E-state index contributed by atoms with van der Waals surface area (Å²) in [5.74, 6) is -1.54. The molecule has 0 bridgehead atoms. The second kappa shape index (κ2) is 10.1. The van der Waals surface area contributed by atoms with Crippen LogP contribution in [-0.2, 0) is 6.54 Å². The van der Waals surface area contributed by atoms with E-state index >= 15 is 0 Å². The molecule has 1 amide bonds. The zero-order chi connectivity index (χ0) is 24.4. The van der Waals surface area contributed by atoms with Crippen molar-refractivity contribution >= 4 is 68.6 Å². The highest BCUT2D eigenvalue weighted by Crippen LogP contribution is 2.39. The van der Waals surface area contributed by atoms with Crippen LogP contribution in [0.1, 0.15) is 24.9 Å². The number of carbonyl (C=O) groups excluding carboxylic acids is 1. The van der Waals surface area contributed by atoms with Crippen LogP contribution in [0, 0.1) is 0 Å². The molecule has 2 heterocycles. The minimum Gasteiger partial charge on any atom is -0.477 e. The fourth-order valence-corrected chi connectivity index (χ4v) is 5.60. The zero-order valence-electron chi connectivity index (χ0n) is 18.2. The number of hydrogen-bond acceptors (Lipinski definition) is 6. The van der Waals surface area contributed by atoms with Gasteiger partial charge in [-0.05, 0) is 29.8 Å². The van der Waals surface area contributed by atoms with Gasteiger partial charge in [-0.2, -0.15) is 0 Å². The Kier molecular flexibility index (Phi) is 7.23. The molecule has 0 atom stereocenters. The van der Waals surface area contributed by atoms with E-state index in [1.165, 1.54) is 22.3 Å². The summed E-state index contributed by atoms with van der Waals surface area (Å²) in [7, 11) is 3.76. The Balaban J connectivity index is 1.84. The second-order valence-electron chi connectivity index (χ2n) is 7.52. The molecule has 0 unspecified atom stereocenters. The van der Waals surface area contributed by atoms with Crippen LogP contribution in [0.2, 0.25) is 10.0 Å². The molecule has 10 heteroatoms. The first-order valence-corrected chi connectivity index (χ1v) is 12.4. The number of hydrogen-bond donors (Lipinski definition) is 1. The monoisotopic (exact) mass is 531 g/mol. The van der Waals surface area contributed by atoms with Crippen molar-refractivity contribution in [3.8, 4) is 10.4 Å². The van der Waals surface area contributed by atoms with Gasteiger partial charge in [0.15, 0.2) is 5.13 Å². The number of benzene rings is 2. The van der Waals surface area contributed by atoms with Crippen LogP contribution in [0.25, 0.3) is 10.4 Å². The first-order valence-electron chi connectivity index (χ1n) is 10.1. The maximum Gasteiger partial charge on any atom is 0.348 e. The van der Waals surface area contributed by atoms with E-state index in [0.717, 1.165) is 31.8 Å². The smallest absolute Gasteiger partial charge is 0.348 e. The summed E-state index contributed by atoms with van der Waals surface area (Å²) in [6.45, 7) is 0.133. The maximum absolute atomic E-state index is 13.7. The molecule has 0 spiro atoms. The molecule has 6 nitrogen and oxygen atoms in total. The molecule has 0 aliphatic carbocycles. The van der Waals surface area contributed by atoms with Gasteiger partial charge in [-0.3, -0.25) is 4.79 Å². The topological polar surface area (TPSA) is 73.7 Å². The molecule has 174 valence electrons. The summed E-state index contributed by atoms with van der Waals surface area (Å²) in [6.07, 6.45) is 1.69. The molecule has 0 radical (unpaired) electrons.